The summed E-state index contributed by atoms with van der Waals surface area (Å²) in [5.41, 5.74) is 7.59. The molecule has 0 fully saturated rings. The van der Waals surface area contributed by atoms with E-state index in [1.807, 2.05) is 0 Å². The highest BCUT2D eigenvalue weighted by atomic mass is 32.2. The zero-order valence-electron chi connectivity index (χ0n) is 11.2. The number of nitrogens with two attached hydrogens (primary N) is 1. The van der Waals surface area contributed by atoms with Gasteiger partial charge in [-0.05, 0) is 37.0 Å². The van der Waals surface area contributed by atoms with Crippen molar-refractivity contribution in [2.45, 2.75) is 25.9 Å². The number of hydrogen-bond donors (Lipinski definition) is 1. The molecule has 6 heteroatoms. The van der Waals surface area contributed by atoms with Crippen LogP contribution in [0.15, 0.2) is 34.5 Å². The van der Waals surface area contributed by atoms with E-state index in [0.29, 0.717) is 18.4 Å². The van der Waals surface area contributed by atoms with Gasteiger partial charge in [0.2, 0.25) is 0 Å². The smallest absolute Gasteiger partial charge is 0.180 e. The van der Waals surface area contributed by atoms with E-state index in [2.05, 4.69) is 10.2 Å². The molecule has 1 heterocycles. The zero-order valence-corrected chi connectivity index (χ0v) is 12.0. The normalized spacial score (nSPS) is 14.8. The summed E-state index contributed by atoms with van der Waals surface area (Å²) in [7, 11) is 0. The summed E-state index contributed by atoms with van der Waals surface area (Å²) in [5, 5.41) is 8.46. The molecule has 0 saturated carbocycles. The number of hydrogen-bond acceptors (Lipinski definition) is 5. The molecule has 0 unspecified atom stereocenters. The Morgan fingerprint density at radius 1 is 1.20 bits per heavy atom. The van der Waals surface area contributed by atoms with Crippen molar-refractivity contribution in [3.63, 3.8) is 0 Å². The summed E-state index contributed by atoms with van der Waals surface area (Å²) < 4.78 is 18.3. The maximum atomic E-state index is 12.7. The molecule has 0 aromatic heterocycles. The van der Waals surface area contributed by atoms with Crippen LogP contribution in [0.25, 0.3) is 0 Å². The van der Waals surface area contributed by atoms with Crippen molar-refractivity contribution < 1.29 is 9.13 Å². The van der Waals surface area contributed by atoms with Crippen molar-refractivity contribution >= 4 is 22.6 Å². The minimum atomic E-state index is -0.219. The maximum Gasteiger partial charge on any atom is 0.180 e. The Bertz CT molecular complexity index is 488. The van der Waals surface area contributed by atoms with Crippen molar-refractivity contribution in [3.05, 3.63) is 35.6 Å². The molecule has 0 saturated heterocycles. The number of nitrogens with zero attached hydrogens (tertiary/aromatic N) is 2. The van der Waals surface area contributed by atoms with Crippen molar-refractivity contribution in [1.29, 1.82) is 0 Å². The second-order valence-electron chi connectivity index (χ2n) is 4.53. The predicted molar refractivity (Wildman–Crippen MR) is 81.4 cm³/mol. The van der Waals surface area contributed by atoms with E-state index in [1.165, 1.54) is 23.9 Å². The molecular formula is C14H18FN3OS. The van der Waals surface area contributed by atoms with Crippen LogP contribution in [0, 0.1) is 5.82 Å². The molecule has 0 aliphatic carbocycles. The molecule has 0 atom stereocenters. The van der Waals surface area contributed by atoms with Crippen molar-refractivity contribution in [1.82, 2.24) is 0 Å². The Labute approximate surface area is 122 Å². The lowest BCUT2D eigenvalue weighted by atomic mass is 10.2. The first-order valence-corrected chi connectivity index (χ1v) is 7.56. The third kappa shape index (κ3) is 5.30. The average molecular weight is 295 g/mol. The summed E-state index contributed by atoms with van der Waals surface area (Å²) in [4.78, 5) is 0. The van der Waals surface area contributed by atoms with Crippen LogP contribution in [0.4, 0.5) is 4.39 Å². The SMILES string of the molecule is NC1=NN=C(CCCCOCc2ccc(F)cc2)CS1. The summed E-state index contributed by atoms with van der Waals surface area (Å²) in [6.45, 7) is 1.22. The van der Waals surface area contributed by atoms with Crippen LogP contribution in [-0.4, -0.2) is 23.2 Å². The van der Waals surface area contributed by atoms with Crippen molar-refractivity contribution in [2.24, 2.45) is 15.9 Å². The lowest BCUT2D eigenvalue weighted by molar-refractivity contribution is 0.117. The zero-order chi connectivity index (χ0) is 14.2. The standard InChI is InChI=1S/C14H18FN3OS/c15-12-6-4-11(5-7-12)9-19-8-2-1-3-13-10-20-14(16)18-17-13/h4-7H,1-3,8-10H2,(H2,16,18). The number of unbranched alkanes of at least 4 members (excludes halogenated alkanes) is 1. The fourth-order valence-corrected chi connectivity index (χ4v) is 2.38. The molecule has 108 valence electrons. The highest BCUT2D eigenvalue weighted by Crippen LogP contribution is 2.11. The summed E-state index contributed by atoms with van der Waals surface area (Å²) in [6.07, 6.45) is 2.94. The van der Waals surface area contributed by atoms with E-state index in [-0.39, 0.29) is 5.82 Å². The molecule has 1 aliphatic rings. The molecule has 2 N–H and O–H groups in total. The third-order valence-corrected chi connectivity index (χ3v) is 3.72. The van der Waals surface area contributed by atoms with Gasteiger partial charge in [-0.25, -0.2) is 4.39 Å². The van der Waals surface area contributed by atoms with E-state index in [0.717, 1.165) is 36.3 Å². The Hall–Kier alpha value is -1.40. The van der Waals surface area contributed by atoms with Crippen LogP contribution in [0.1, 0.15) is 24.8 Å². The molecule has 2 rings (SSSR count). The van der Waals surface area contributed by atoms with Crippen molar-refractivity contribution in [2.75, 3.05) is 12.4 Å². The maximum absolute atomic E-state index is 12.7. The van der Waals surface area contributed by atoms with Crippen LogP contribution in [0.5, 0.6) is 0 Å². The van der Waals surface area contributed by atoms with Crippen LogP contribution in [-0.2, 0) is 11.3 Å². The lowest BCUT2D eigenvalue weighted by Crippen LogP contribution is -2.15. The summed E-state index contributed by atoms with van der Waals surface area (Å²) in [6, 6.07) is 6.38. The van der Waals surface area contributed by atoms with E-state index in [9.17, 15) is 4.39 Å². The highest BCUT2D eigenvalue weighted by molar-refractivity contribution is 8.14. The van der Waals surface area contributed by atoms with E-state index in [1.54, 1.807) is 12.1 Å². The van der Waals surface area contributed by atoms with Crippen LogP contribution in [0.3, 0.4) is 0 Å². The lowest BCUT2D eigenvalue weighted by Gasteiger charge is -2.09. The molecule has 20 heavy (non-hydrogen) atoms. The van der Waals surface area contributed by atoms with Gasteiger partial charge in [0.25, 0.3) is 0 Å². The fraction of sp³-hybridized carbons (Fsp3) is 0.429. The van der Waals surface area contributed by atoms with Gasteiger partial charge >= 0.3 is 0 Å². The molecule has 1 aromatic rings. The number of thioether (sulfide) groups is 1. The largest absolute Gasteiger partial charge is 0.377 e. The van der Waals surface area contributed by atoms with Gasteiger partial charge in [0.05, 0.1) is 12.3 Å². The fourth-order valence-electron chi connectivity index (χ4n) is 1.76. The number of rotatable bonds is 7. The number of halogens is 1. The Kier molecular flexibility index (Phi) is 6.01. The molecule has 1 aromatic carbocycles. The second-order valence-corrected chi connectivity index (χ2v) is 5.52. The molecule has 4 nitrogen and oxygen atoms in total. The topological polar surface area (TPSA) is 60.0 Å². The Morgan fingerprint density at radius 2 is 2.00 bits per heavy atom. The quantitative estimate of drug-likeness (QED) is 0.787. The van der Waals surface area contributed by atoms with Crippen LogP contribution < -0.4 is 5.73 Å². The Morgan fingerprint density at radius 3 is 2.70 bits per heavy atom. The highest BCUT2D eigenvalue weighted by Gasteiger charge is 2.07. The first-order valence-electron chi connectivity index (χ1n) is 6.58. The molecule has 0 spiro atoms. The van der Waals surface area contributed by atoms with Gasteiger partial charge in [-0.3, -0.25) is 0 Å². The van der Waals surface area contributed by atoms with Crippen LogP contribution >= 0.6 is 11.8 Å². The number of ether oxygens (including phenoxy) is 1. The van der Waals surface area contributed by atoms with E-state index < -0.39 is 0 Å². The molecular weight excluding hydrogens is 277 g/mol. The van der Waals surface area contributed by atoms with E-state index >= 15 is 0 Å². The van der Waals surface area contributed by atoms with E-state index in [4.69, 9.17) is 10.5 Å². The molecule has 0 amide bonds. The second kappa shape index (κ2) is 8.01. The van der Waals surface area contributed by atoms with Gasteiger partial charge in [-0.2, -0.15) is 5.10 Å². The van der Waals surface area contributed by atoms with Gasteiger partial charge in [-0.1, -0.05) is 23.9 Å². The van der Waals surface area contributed by atoms with Gasteiger partial charge in [0, 0.05) is 12.4 Å². The molecule has 1 aliphatic heterocycles. The van der Waals surface area contributed by atoms with Crippen LogP contribution in [0.2, 0.25) is 0 Å². The van der Waals surface area contributed by atoms with Gasteiger partial charge < -0.3 is 10.5 Å². The minimum Gasteiger partial charge on any atom is -0.377 e. The van der Waals surface area contributed by atoms with Crippen molar-refractivity contribution in [3.8, 4) is 0 Å². The summed E-state index contributed by atoms with van der Waals surface area (Å²) >= 11 is 1.53. The number of benzene rings is 1. The van der Waals surface area contributed by atoms with Gasteiger partial charge in [0.15, 0.2) is 5.17 Å². The Balaban J connectivity index is 1.55. The third-order valence-electron chi connectivity index (χ3n) is 2.86. The number of amidine groups is 1. The van der Waals surface area contributed by atoms with Gasteiger partial charge in [-0.15, -0.1) is 5.10 Å². The molecule has 0 radical (unpaired) electrons. The monoisotopic (exact) mass is 295 g/mol. The summed E-state index contributed by atoms with van der Waals surface area (Å²) in [5.74, 6) is 0.620. The first-order chi connectivity index (χ1) is 9.74. The van der Waals surface area contributed by atoms with Gasteiger partial charge in [0.1, 0.15) is 5.82 Å². The molecule has 0 bridgehead atoms. The first kappa shape index (κ1) is 15.0. The average Bonchev–Trinajstić information content (AvgIpc) is 2.46. The predicted octanol–water partition coefficient (Wildman–Crippen LogP) is 2.93. The minimum absolute atomic E-state index is 0.219.